The number of nitrogens with zero attached hydrogens (tertiary/aromatic N) is 1. The third kappa shape index (κ3) is 5.07. The summed E-state index contributed by atoms with van der Waals surface area (Å²) in [5, 5.41) is 7.29. The molecule has 0 saturated heterocycles. The number of hydrogen-bond acceptors (Lipinski definition) is 5. The summed E-state index contributed by atoms with van der Waals surface area (Å²) in [7, 11) is 0. The van der Waals surface area contributed by atoms with Crippen LogP contribution in [0, 0.1) is 13.8 Å². The molecule has 0 unspecified atom stereocenters. The van der Waals surface area contributed by atoms with Gasteiger partial charge in [-0.2, -0.15) is 0 Å². The molecule has 2 N–H and O–H groups in total. The van der Waals surface area contributed by atoms with Gasteiger partial charge in [-0.15, -0.1) is 11.3 Å². The van der Waals surface area contributed by atoms with Crippen molar-refractivity contribution in [1.29, 1.82) is 0 Å². The number of rotatable bonds is 6. The first-order chi connectivity index (χ1) is 11.0. The van der Waals surface area contributed by atoms with E-state index in [9.17, 15) is 9.59 Å². The zero-order chi connectivity index (χ0) is 16.8. The SMILES string of the molecule is CC(=O)Nc1nc(C(=O)NCCOc2ccc(C)cc2C)cs1. The fourth-order valence-electron chi connectivity index (χ4n) is 1.96. The van der Waals surface area contributed by atoms with Crippen LogP contribution >= 0.6 is 11.3 Å². The normalized spacial score (nSPS) is 10.2. The number of carbonyl (C=O) groups excluding carboxylic acids is 2. The average molecular weight is 333 g/mol. The van der Waals surface area contributed by atoms with Crippen LogP contribution in [-0.4, -0.2) is 29.9 Å². The van der Waals surface area contributed by atoms with Gasteiger partial charge < -0.3 is 15.4 Å². The minimum atomic E-state index is -0.290. The molecule has 2 amide bonds. The van der Waals surface area contributed by atoms with Crippen LogP contribution in [0.4, 0.5) is 5.13 Å². The van der Waals surface area contributed by atoms with Crippen molar-refractivity contribution in [3.05, 3.63) is 40.4 Å². The molecule has 0 fully saturated rings. The highest BCUT2D eigenvalue weighted by atomic mass is 32.1. The van der Waals surface area contributed by atoms with Crippen molar-refractivity contribution < 1.29 is 14.3 Å². The van der Waals surface area contributed by atoms with E-state index in [0.29, 0.717) is 18.3 Å². The number of carbonyl (C=O) groups is 2. The summed E-state index contributed by atoms with van der Waals surface area (Å²) >= 11 is 1.21. The van der Waals surface area contributed by atoms with Crippen molar-refractivity contribution in [2.24, 2.45) is 0 Å². The van der Waals surface area contributed by atoms with Gasteiger partial charge in [-0.1, -0.05) is 17.7 Å². The number of aromatic nitrogens is 1. The van der Waals surface area contributed by atoms with Gasteiger partial charge in [0.1, 0.15) is 18.1 Å². The Morgan fingerprint density at radius 1 is 1.30 bits per heavy atom. The fraction of sp³-hybridized carbons (Fsp3) is 0.312. The van der Waals surface area contributed by atoms with Gasteiger partial charge in [-0.3, -0.25) is 9.59 Å². The highest BCUT2D eigenvalue weighted by Crippen LogP contribution is 2.18. The van der Waals surface area contributed by atoms with Crippen molar-refractivity contribution in [1.82, 2.24) is 10.3 Å². The summed E-state index contributed by atoms with van der Waals surface area (Å²) in [6, 6.07) is 5.96. The first kappa shape index (κ1) is 17.0. The van der Waals surface area contributed by atoms with Crippen LogP contribution in [0.15, 0.2) is 23.6 Å². The van der Waals surface area contributed by atoms with E-state index in [1.54, 1.807) is 5.38 Å². The van der Waals surface area contributed by atoms with Gasteiger partial charge in [0.15, 0.2) is 5.13 Å². The largest absolute Gasteiger partial charge is 0.491 e. The highest BCUT2D eigenvalue weighted by molar-refractivity contribution is 7.14. The molecule has 7 heteroatoms. The molecule has 0 atom stereocenters. The molecule has 0 aliphatic carbocycles. The fourth-order valence-corrected chi connectivity index (χ4v) is 2.70. The van der Waals surface area contributed by atoms with Crippen LogP contribution in [-0.2, 0) is 4.79 Å². The number of aryl methyl sites for hydroxylation is 2. The zero-order valence-electron chi connectivity index (χ0n) is 13.3. The molecular formula is C16H19N3O3S. The maximum atomic E-state index is 11.9. The number of hydrogen-bond donors (Lipinski definition) is 2. The molecule has 0 saturated carbocycles. The van der Waals surface area contributed by atoms with Crippen molar-refractivity contribution in [3.8, 4) is 5.75 Å². The molecule has 0 aliphatic rings. The van der Waals surface area contributed by atoms with E-state index < -0.39 is 0 Å². The molecule has 1 aromatic carbocycles. The number of ether oxygens (including phenoxy) is 1. The molecule has 122 valence electrons. The van der Waals surface area contributed by atoms with Crippen LogP contribution in [0.1, 0.15) is 28.5 Å². The van der Waals surface area contributed by atoms with Crippen LogP contribution in [0.25, 0.3) is 0 Å². The summed E-state index contributed by atoms with van der Waals surface area (Å²) in [5.74, 6) is 0.307. The number of benzene rings is 1. The van der Waals surface area contributed by atoms with E-state index in [4.69, 9.17) is 4.74 Å². The molecule has 2 aromatic rings. The van der Waals surface area contributed by atoms with Gasteiger partial charge in [-0.05, 0) is 25.5 Å². The van der Waals surface area contributed by atoms with Gasteiger partial charge in [0.2, 0.25) is 5.91 Å². The molecule has 1 aromatic heterocycles. The summed E-state index contributed by atoms with van der Waals surface area (Å²) in [6.45, 7) is 6.16. The molecule has 23 heavy (non-hydrogen) atoms. The molecular weight excluding hydrogens is 314 g/mol. The summed E-state index contributed by atoms with van der Waals surface area (Å²) in [4.78, 5) is 26.9. The molecule has 6 nitrogen and oxygen atoms in total. The van der Waals surface area contributed by atoms with E-state index in [-0.39, 0.29) is 17.5 Å². The number of nitrogens with one attached hydrogen (secondary N) is 2. The Kier molecular flexibility index (Phi) is 5.70. The van der Waals surface area contributed by atoms with Crippen LogP contribution in [0.2, 0.25) is 0 Å². The van der Waals surface area contributed by atoms with E-state index >= 15 is 0 Å². The summed E-state index contributed by atoms with van der Waals surface area (Å²) < 4.78 is 5.65. The first-order valence-electron chi connectivity index (χ1n) is 7.17. The second-order valence-electron chi connectivity index (χ2n) is 5.09. The second kappa shape index (κ2) is 7.73. The number of amides is 2. The number of thiazole rings is 1. The van der Waals surface area contributed by atoms with Crippen molar-refractivity contribution >= 4 is 28.3 Å². The molecule has 1 heterocycles. The highest BCUT2D eigenvalue weighted by Gasteiger charge is 2.11. The third-order valence-electron chi connectivity index (χ3n) is 3.00. The quantitative estimate of drug-likeness (QED) is 0.796. The summed E-state index contributed by atoms with van der Waals surface area (Å²) in [6.07, 6.45) is 0. The van der Waals surface area contributed by atoms with E-state index in [0.717, 1.165) is 11.3 Å². The topological polar surface area (TPSA) is 80.3 Å². The Bertz CT molecular complexity index is 712. The van der Waals surface area contributed by atoms with Gasteiger partial charge >= 0.3 is 0 Å². The van der Waals surface area contributed by atoms with Crippen molar-refractivity contribution in [2.45, 2.75) is 20.8 Å². The summed E-state index contributed by atoms with van der Waals surface area (Å²) in [5.41, 5.74) is 2.53. The van der Waals surface area contributed by atoms with Gasteiger partial charge in [0.25, 0.3) is 5.91 Å². The Morgan fingerprint density at radius 2 is 2.09 bits per heavy atom. The van der Waals surface area contributed by atoms with E-state index in [1.807, 2.05) is 32.0 Å². The Morgan fingerprint density at radius 3 is 2.78 bits per heavy atom. The maximum absolute atomic E-state index is 11.9. The number of anilines is 1. The lowest BCUT2D eigenvalue weighted by atomic mass is 10.1. The molecule has 0 bridgehead atoms. The molecule has 0 radical (unpaired) electrons. The predicted molar refractivity (Wildman–Crippen MR) is 90.2 cm³/mol. The molecule has 0 spiro atoms. The zero-order valence-corrected chi connectivity index (χ0v) is 14.1. The molecule has 2 rings (SSSR count). The van der Waals surface area contributed by atoms with Crippen LogP contribution < -0.4 is 15.4 Å². The van der Waals surface area contributed by atoms with E-state index in [2.05, 4.69) is 15.6 Å². The van der Waals surface area contributed by atoms with Crippen molar-refractivity contribution in [3.63, 3.8) is 0 Å². The predicted octanol–water partition coefficient (Wildman–Crippen LogP) is 2.53. The van der Waals surface area contributed by atoms with Crippen LogP contribution in [0.5, 0.6) is 5.75 Å². The minimum Gasteiger partial charge on any atom is -0.491 e. The Balaban J connectivity index is 1.78. The first-order valence-corrected chi connectivity index (χ1v) is 8.05. The van der Waals surface area contributed by atoms with Gasteiger partial charge in [-0.25, -0.2) is 4.98 Å². The molecule has 0 aliphatic heterocycles. The van der Waals surface area contributed by atoms with Gasteiger partial charge in [0.05, 0.1) is 6.54 Å². The Labute approximate surface area is 138 Å². The smallest absolute Gasteiger partial charge is 0.270 e. The van der Waals surface area contributed by atoms with E-state index in [1.165, 1.54) is 23.8 Å². The lowest BCUT2D eigenvalue weighted by Gasteiger charge is -2.10. The standard InChI is InChI=1S/C16H19N3O3S/c1-10-4-5-14(11(2)8-10)22-7-6-17-15(21)13-9-23-16(19-13)18-12(3)20/h4-5,8-9H,6-7H2,1-3H3,(H,17,21)(H,18,19,20). The lowest BCUT2D eigenvalue weighted by Crippen LogP contribution is -2.28. The second-order valence-corrected chi connectivity index (χ2v) is 5.95. The third-order valence-corrected chi connectivity index (χ3v) is 3.75. The maximum Gasteiger partial charge on any atom is 0.270 e. The van der Waals surface area contributed by atoms with Gasteiger partial charge in [0, 0.05) is 12.3 Å². The minimum absolute atomic E-state index is 0.215. The lowest BCUT2D eigenvalue weighted by molar-refractivity contribution is -0.114. The van der Waals surface area contributed by atoms with Crippen molar-refractivity contribution in [2.75, 3.05) is 18.5 Å². The van der Waals surface area contributed by atoms with Crippen LogP contribution in [0.3, 0.4) is 0 Å². The monoisotopic (exact) mass is 333 g/mol. The Hall–Kier alpha value is -2.41. The average Bonchev–Trinajstić information content (AvgIpc) is 2.93.